The van der Waals surface area contributed by atoms with Crippen LogP contribution in [-0.2, 0) is 9.53 Å². The van der Waals surface area contributed by atoms with Gasteiger partial charge in [-0.1, -0.05) is 32.6 Å². The van der Waals surface area contributed by atoms with Crippen LogP contribution in [0.3, 0.4) is 0 Å². The Labute approximate surface area is 79.6 Å². The zero-order valence-electron chi connectivity index (χ0n) is 8.46. The van der Waals surface area contributed by atoms with Crippen molar-refractivity contribution >= 4 is 5.78 Å². The Kier molecular flexibility index (Phi) is 5.60. The van der Waals surface area contributed by atoms with E-state index in [-0.39, 0.29) is 12.4 Å². The lowest BCUT2D eigenvalue weighted by atomic mass is 10.1. The summed E-state index contributed by atoms with van der Waals surface area (Å²) in [5.74, 6) is 0.744. The number of hydrogen-bond donors (Lipinski definition) is 0. The van der Waals surface area contributed by atoms with E-state index in [0.29, 0.717) is 11.3 Å². The van der Waals surface area contributed by atoms with Gasteiger partial charge in [0.1, 0.15) is 5.76 Å². The van der Waals surface area contributed by atoms with Crippen molar-refractivity contribution < 1.29 is 9.53 Å². The van der Waals surface area contributed by atoms with Gasteiger partial charge in [0.2, 0.25) is 5.78 Å². The van der Waals surface area contributed by atoms with Gasteiger partial charge in [-0.2, -0.15) is 0 Å². The third-order valence-electron chi connectivity index (χ3n) is 1.50. The van der Waals surface area contributed by atoms with Gasteiger partial charge in [0, 0.05) is 0 Å². The second-order valence-electron chi connectivity index (χ2n) is 2.28. The van der Waals surface area contributed by atoms with Gasteiger partial charge < -0.3 is 4.74 Å². The van der Waals surface area contributed by atoms with Crippen LogP contribution in [0.4, 0.5) is 0 Å². The number of rotatable bonds is 2. The van der Waals surface area contributed by atoms with E-state index in [1.807, 2.05) is 13.8 Å². The molecule has 2 nitrogen and oxygen atoms in total. The molecule has 0 saturated carbocycles. The lowest BCUT2D eigenvalue weighted by molar-refractivity contribution is -0.116. The van der Waals surface area contributed by atoms with E-state index in [1.165, 1.54) is 0 Å². The first-order valence-electron chi connectivity index (χ1n) is 4.41. The Balaban J connectivity index is 0.000000671. The molecule has 0 radical (unpaired) electrons. The van der Waals surface area contributed by atoms with Gasteiger partial charge in [-0.15, -0.1) is 0 Å². The zero-order valence-corrected chi connectivity index (χ0v) is 8.46. The molecule has 0 saturated heterocycles. The molecule has 0 bridgehead atoms. The van der Waals surface area contributed by atoms with Crippen LogP contribution >= 0.6 is 0 Å². The molecule has 0 amide bonds. The SMILES string of the molecule is C=C/C=C\C1=C(C)OCC1=O.CC. The van der Waals surface area contributed by atoms with Crippen molar-refractivity contribution in [3.63, 3.8) is 0 Å². The normalized spacial score (nSPS) is 15.5. The minimum Gasteiger partial charge on any atom is -0.489 e. The predicted molar refractivity (Wildman–Crippen MR) is 54.3 cm³/mol. The van der Waals surface area contributed by atoms with Crippen LogP contribution in [0.25, 0.3) is 0 Å². The predicted octanol–water partition coefficient (Wildman–Crippen LogP) is 2.63. The molecule has 1 aliphatic rings. The van der Waals surface area contributed by atoms with Crippen molar-refractivity contribution in [1.82, 2.24) is 0 Å². The van der Waals surface area contributed by atoms with Gasteiger partial charge in [-0.05, 0) is 13.0 Å². The fraction of sp³-hybridized carbons (Fsp3) is 0.364. The average Bonchev–Trinajstić information content (AvgIpc) is 2.47. The molecule has 1 rings (SSSR count). The standard InChI is InChI=1S/C9H10O2.C2H6/c1-3-4-5-8-7(2)11-6-9(8)10;1-2/h3-5H,1,6H2,2H3;1-2H3/b5-4-;. The molecule has 0 fully saturated rings. The van der Waals surface area contributed by atoms with E-state index in [4.69, 9.17) is 4.74 Å². The summed E-state index contributed by atoms with van der Waals surface area (Å²) < 4.78 is 5.02. The van der Waals surface area contributed by atoms with Gasteiger partial charge in [0.25, 0.3) is 0 Å². The summed E-state index contributed by atoms with van der Waals surface area (Å²) in [6.45, 7) is 9.48. The molecule has 0 aromatic carbocycles. The first-order valence-corrected chi connectivity index (χ1v) is 4.41. The van der Waals surface area contributed by atoms with Crippen LogP contribution in [-0.4, -0.2) is 12.4 Å². The average molecular weight is 180 g/mol. The molecule has 1 heterocycles. The van der Waals surface area contributed by atoms with Crippen LogP contribution < -0.4 is 0 Å². The summed E-state index contributed by atoms with van der Waals surface area (Å²) >= 11 is 0. The summed E-state index contributed by atoms with van der Waals surface area (Å²) in [7, 11) is 0. The van der Waals surface area contributed by atoms with Gasteiger partial charge >= 0.3 is 0 Å². The molecule has 0 unspecified atom stereocenters. The number of carbonyl (C=O) groups is 1. The third-order valence-corrected chi connectivity index (χ3v) is 1.50. The smallest absolute Gasteiger partial charge is 0.203 e. The number of allylic oxidation sites excluding steroid dienone is 4. The van der Waals surface area contributed by atoms with Crippen LogP contribution in [0, 0.1) is 0 Å². The fourth-order valence-corrected chi connectivity index (χ4v) is 0.900. The van der Waals surface area contributed by atoms with E-state index in [1.54, 1.807) is 25.2 Å². The molecular weight excluding hydrogens is 164 g/mol. The van der Waals surface area contributed by atoms with Crippen molar-refractivity contribution in [2.45, 2.75) is 20.8 Å². The molecule has 72 valence electrons. The van der Waals surface area contributed by atoms with Crippen molar-refractivity contribution in [2.75, 3.05) is 6.61 Å². The summed E-state index contributed by atoms with van der Waals surface area (Å²) in [5, 5.41) is 0. The monoisotopic (exact) mass is 180 g/mol. The number of ether oxygens (including phenoxy) is 1. The van der Waals surface area contributed by atoms with Gasteiger partial charge in [-0.3, -0.25) is 4.79 Å². The minimum atomic E-state index is 0.0422. The lowest BCUT2D eigenvalue weighted by Gasteiger charge is -1.90. The highest BCUT2D eigenvalue weighted by Crippen LogP contribution is 2.16. The van der Waals surface area contributed by atoms with E-state index in [0.717, 1.165) is 0 Å². The number of Topliss-reactive ketones (excluding diaryl/α,β-unsaturated/α-hetero) is 1. The fourth-order valence-electron chi connectivity index (χ4n) is 0.900. The first kappa shape index (κ1) is 11.7. The van der Waals surface area contributed by atoms with Crippen LogP contribution in [0.2, 0.25) is 0 Å². The lowest BCUT2D eigenvalue weighted by Crippen LogP contribution is -1.98. The van der Waals surface area contributed by atoms with Gasteiger partial charge in [0.15, 0.2) is 6.61 Å². The maximum absolute atomic E-state index is 11.0. The molecule has 0 spiro atoms. The Hall–Kier alpha value is -1.31. The Morgan fingerprint density at radius 1 is 1.46 bits per heavy atom. The molecule has 13 heavy (non-hydrogen) atoms. The molecule has 0 atom stereocenters. The number of hydrogen-bond acceptors (Lipinski definition) is 2. The molecule has 2 heteroatoms. The van der Waals surface area contributed by atoms with Crippen LogP contribution in [0.1, 0.15) is 20.8 Å². The zero-order chi connectivity index (χ0) is 10.3. The highest BCUT2D eigenvalue weighted by atomic mass is 16.5. The van der Waals surface area contributed by atoms with Crippen LogP contribution in [0.5, 0.6) is 0 Å². The van der Waals surface area contributed by atoms with Crippen molar-refractivity contribution in [3.8, 4) is 0 Å². The molecule has 0 aromatic heterocycles. The van der Waals surface area contributed by atoms with Gasteiger partial charge in [0.05, 0.1) is 5.57 Å². The van der Waals surface area contributed by atoms with E-state index < -0.39 is 0 Å². The second kappa shape index (κ2) is 6.23. The second-order valence-corrected chi connectivity index (χ2v) is 2.28. The Bertz CT molecular complexity index is 247. The van der Waals surface area contributed by atoms with E-state index in [9.17, 15) is 4.79 Å². The summed E-state index contributed by atoms with van der Waals surface area (Å²) in [6.07, 6.45) is 5.08. The maximum Gasteiger partial charge on any atom is 0.203 e. The van der Waals surface area contributed by atoms with Crippen molar-refractivity contribution in [3.05, 3.63) is 36.1 Å². The first-order chi connectivity index (χ1) is 6.25. The number of ketones is 1. The highest BCUT2D eigenvalue weighted by molar-refractivity contribution is 6.01. The topological polar surface area (TPSA) is 26.3 Å². The molecule has 0 aliphatic carbocycles. The quantitative estimate of drug-likeness (QED) is 0.610. The highest BCUT2D eigenvalue weighted by Gasteiger charge is 2.18. The Morgan fingerprint density at radius 3 is 2.46 bits per heavy atom. The third kappa shape index (κ3) is 3.28. The summed E-state index contributed by atoms with van der Waals surface area (Å²) in [6, 6.07) is 0. The molecule has 0 aromatic rings. The van der Waals surface area contributed by atoms with Crippen molar-refractivity contribution in [1.29, 1.82) is 0 Å². The molecular formula is C11H16O2. The van der Waals surface area contributed by atoms with E-state index in [2.05, 4.69) is 6.58 Å². The maximum atomic E-state index is 11.0. The molecule has 0 N–H and O–H groups in total. The molecule has 1 aliphatic heterocycles. The van der Waals surface area contributed by atoms with Crippen molar-refractivity contribution in [2.24, 2.45) is 0 Å². The number of carbonyl (C=O) groups excluding carboxylic acids is 1. The largest absolute Gasteiger partial charge is 0.489 e. The Morgan fingerprint density at radius 2 is 2.08 bits per heavy atom. The van der Waals surface area contributed by atoms with E-state index >= 15 is 0 Å². The minimum absolute atomic E-state index is 0.0422. The summed E-state index contributed by atoms with van der Waals surface area (Å²) in [4.78, 5) is 11.0. The van der Waals surface area contributed by atoms with Crippen LogP contribution in [0.15, 0.2) is 36.1 Å². The van der Waals surface area contributed by atoms with Gasteiger partial charge in [-0.25, -0.2) is 0 Å². The summed E-state index contributed by atoms with van der Waals surface area (Å²) in [5.41, 5.74) is 0.657.